The van der Waals surface area contributed by atoms with Gasteiger partial charge in [-0.15, -0.1) is 0 Å². The van der Waals surface area contributed by atoms with E-state index in [-0.39, 0.29) is 13.0 Å². The normalized spacial score (nSPS) is 11.8. The quantitative estimate of drug-likeness (QED) is 0.369. The molecule has 0 rings (SSSR count). The van der Waals surface area contributed by atoms with E-state index in [4.69, 9.17) is 19.7 Å². The number of rotatable bonds is 8. The maximum atomic E-state index is 10.5. The molecular weight excluding hydrogens is 216 g/mol. The zero-order valence-electron chi connectivity index (χ0n) is 9.73. The number of carbonyl (C=O) groups is 2. The molecule has 0 saturated heterocycles. The van der Waals surface area contributed by atoms with Gasteiger partial charge in [0.05, 0.1) is 6.61 Å². The van der Waals surface area contributed by atoms with E-state index < -0.39 is 23.6 Å². The molecule has 0 heterocycles. The van der Waals surface area contributed by atoms with Crippen LogP contribution in [-0.4, -0.2) is 41.7 Å². The van der Waals surface area contributed by atoms with E-state index in [1.54, 1.807) is 13.8 Å². The van der Waals surface area contributed by atoms with E-state index in [0.717, 1.165) is 0 Å². The number of methoxy groups -OCH3 is 1. The number of carboxylic acid groups (broad SMARTS) is 2. The summed E-state index contributed by atoms with van der Waals surface area (Å²) in [6, 6.07) is 0. The van der Waals surface area contributed by atoms with Crippen LogP contribution in [0.15, 0.2) is 0 Å². The third-order valence-electron chi connectivity index (χ3n) is 2.17. The van der Waals surface area contributed by atoms with Crippen LogP contribution in [0.4, 0.5) is 0 Å². The van der Waals surface area contributed by atoms with Crippen LogP contribution in [0, 0.1) is 5.92 Å². The first kappa shape index (κ1) is 14.9. The second kappa shape index (κ2) is 6.44. The Morgan fingerprint density at radius 3 is 2.12 bits per heavy atom. The summed E-state index contributed by atoms with van der Waals surface area (Å²) in [7, 11) is 1.50. The summed E-state index contributed by atoms with van der Waals surface area (Å²) in [5.74, 6) is -4.74. The first-order valence-electron chi connectivity index (χ1n) is 4.95. The van der Waals surface area contributed by atoms with Gasteiger partial charge in [0.2, 0.25) is 0 Å². The second-order valence-electron chi connectivity index (χ2n) is 3.82. The number of hydrogen-bond donors (Lipinski definition) is 2. The fourth-order valence-corrected chi connectivity index (χ4v) is 1.02. The first-order valence-corrected chi connectivity index (χ1v) is 4.95. The van der Waals surface area contributed by atoms with Gasteiger partial charge in [-0.1, -0.05) is 0 Å². The van der Waals surface area contributed by atoms with E-state index >= 15 is 0 Å². The van der Waals surface area contributed by atoms with Gasteiger partial charge in [0.15, 0.2) is 11.7 Å². The van der Waals surface area contributed by atoms with E-state index in [1.165, 1.54) is 7.11 Å². The minimum atomic E-state index is -1.37. The van der Waals surface area contributed by atoms with Crippen LogP contribution in [0.5, 0.6) is 0 Å². The van der Waals surface area contributed by atoms with Crippen molar-refractivity contribution >= 4 is 11.9 Å². The molecule has 0 radical (unpaired) electrons. The van der Waals surface area contributed by atoms with Gasteiger partial charge in [0.1, 0.15) is 0 Å². The highest BCUT2D eigenvalue weighted by atomic mass is 16.7. The van der Waals surface area contributed by atoms with Crippen molar-refractivity contribution < 1.29 is 29.3 Å². The summed E-state index contributed by atoms with van der Waals surface area (Å²) in [5, 5.41) is 17.2. The molecule has 16 heavy (non-hydrogen) atoms. The molecule has 0 atom stereocenters. The lowest BCUT2D eigenvalue weighted by Gasteiger charge is -2.23. The highest BCUT2D eigenvalue weighted by molar-refractivity contribution is 5.92. The van der Waals surface area contributed by atoms with Crippen molar-refractivity contribution in [3.05, 3.63) is 0 Å². The van der Waals surface area contributed by atoms with E-state index in [1.807, 2.05) is 0 Å². The van der Waals surface area contributed by atoms with Crippen molar-refractivity contribution in [1.29, 1.82) is 0 Å². The minimum Gasteiger partial charge on any atom is -0.481 e. The van der Waals surface area contributed by atoms with Crippen molar-refractivity contribution in [2.75, 3.05) is 13.7 Å². The topological polar surface area (TPSA) is 93.1 Å². The monoisotopic (exact) mass is 234 g/mol. The van der Waals surface area contributed by atoms with Crippen molar-refractivity contribution in [2.24, 2.45) is 5.92 Å². The predicted octanol–water partition coefficient (Wildman–Crippen LogP) is 0.951. The Hall–Kier alpha value is -1.14. The number of carboxylic acids is 2. The lowest BCUT2D eigenvalue weighted by atomic mass is 10.0. The van der Waals surface area contributed by atoms with Crippen molar-refractivity contribution in [3.8, 4) is 0 Å². The van der Waals surface area contributed by atoms with Gasteiger partial charge in [0, 0.05) is 7.11 Å². The van der Waals surface area contributed by atoms with Crippen LogP contribution in [-0.2, 0) is 19.1 Å². The van der Waals surface area contributed by atoms with Gasteiger partial charge in [-0.2, -0.15) is 0 Å². The lowest BCUT2D eigenvalue weighted by molar-refractivity contribution is -0.197. The van der Waals surface area contributed by atoms with E-state index in [0.29, 0.717) is 6.42 Å². The molecule has 6 nitrogen and oxygen atoms in total. The summed E-state index contributed by atoms with van der Waals surface area (Å²) in [5.41, 5.74) is 0. The van der Waals surface area contributed by atoms with Gasteiger partial charge in [0.25, 0.3) is 0 Å². The third-order valence-corrected chi connectivity index (χ3v) is 2.17. The molecule has 0 spiro atoms. The Labute approximate surface area is 94.2 Å². The molecule has 0 amide bonds. The number of ether oxygens (including phenoxy) is 2. The Morgan fingerprint density at radius 2 is 1.75 bits per heavy atom. The highest BCUT2D eigenvalue weighted by Crippen LogP contribution is 2.12. The Morgan fingerprint density at radius 1 is 1.25 bits per heavy atom. The van der Waals surface area contributed by atoms with E-state index in [9.17, 15) is 9.59 Å². The molecular formula is C10H18O6. The Bertz CT molecular complexity index is 234. The van der Waals surface area contributed by atoms with Gasteiger partial charge in [-0.3, -0.25) is 9.59 Å². The largest absolute Gasteiger partial charge is 0.481 e. The van der Waals surface area contributed by atoms with Crippen LogP contribution < -0.4 is 0 Å². The summed E-state index contributed by atoms with van der Waals surface area (Å²) in [6.45, 7) is 3.70. The van der Waals surface area contributed by atoms with Gasteiger partial charge in [-0.05, 0) is 26.7 Å². The molecule has 0 aromatic rings. The zero-order chi connectivity index (χ0) is 12.8. The molecule has 0 aliphatic heterocycles. The average Bonchev–Trinajstić information content (AvgIpc) is 2.16. The smallest absolute Gasteiger partial charge is 0.317 e. The third kappa shape index (κ3) is 5.67. The van der Waals surface area contributed by atoms with Gasteiger partial charge in [-0.25, -0.2) is 0 Å². The van der Waals surface area contributed by atoms with Gasteiger partial charge < -0.3 is 19.7 Å². The van der Waals surface area contributed by atoms with Crippen molar-refractivity contribution in [1.82, 2.24) is 0 Å². The minimum absolute atomic E-state index is 0.0461. The molecule has 0 aliphatic carbocycles. The van der Waals surface area contributed by atoms with E-state index in [2.05, 4.69) is 0 Å². The average molecular weight is 234 g/mol. The van der Waals surface area contributed by atoms with Crippen LogP contribution in [0.3, 0.4) is 0 Å². The molecule has 0 bridgehead atoms. The molecule has 0 aromatic heterocycles. The summed E-state index contributed by atoms with van der Waals surface area (Å²) in [6.07, 6.45) is 0.403. The fraction of sp³-hybridized carbons (Fsp3) is 0.800. The molecule has 0 fully saturated rings. The summed E-state index contributed by atoms with van der Waals surface area (Å²) in [4.78, 5) is 21.1. The molecule has 0 saturated carbocycles. The summed E-state index contributed by atoms with van der Waals surface area (Å²) >= 11 is 0. The molecule has 0 aliphatic rings. The zero-order valence-corrected chi connectivity index (χ0v) is 9.73. The Balaban J connectivity index is 3.88. The first-order chi connectivity index (χ1) is 7.30. The van der Waals surface area contributed by atoms with Crippen LogP contribution in [0.1, 0.15) is 26.7 Å². The van der Waals surface area contributed by atoms with Crippen LogP contribution in [0.25, 0.3) is 0 Å². The summed E-state index contributed by atoms with van der Waals surface area (Å²) < 4.78 is 10.3. The molecule has 6 heteroatoms. The van der Waals surface area contributed by atoms with Crippen molar-refractivity contribution in [2.45, 2.75) is 32.5 Å². The van der Waals surface area contributed by atoms with Gasteiger partial charge >= 0.3 is 11.9 Å². The fourth-order valence-electron chi connectivity index (χ4n) is 1.02. The number of aliphatic carboxylic acids is 2. The van der Waals surface area contributed by atoms with Crippen LogP contribution in [0.2, 0.25) is 0 Å². The highest BCUT2D eigenvalue weighted by Gasteiger charge is 2.25. The van der Waals surface area contributed by atoms with Crippen LogP contribution >= 0.6 is 0 Å². The SMILES string of the molecule is COC(C)(C)OCCCC(C(=O)O)C(=O)O. The maximum Gasteiger partial charge on any atom is 0.317 e. The maximum absolute atomic E-state index is 10.5. The molecule has 94 valence electrons. The predicted molar refractivity (Wildman–Crippen MR) is 55.0 cm³/mol. The van der Waals surface area contributed by atoms with Crippen molar-refractivity contribution in [3.63, 3.8) is 0 Å². The molecule has 0 aromatic carbocycles. The Kier molecular flexibility index (Phi) is 5.98. The lowest BCUT2D eigenvalue weighted by Crippen LogP contribution is -2.28. The molecule has 2 N–H and O–H groups in total. The molecule has 0 unspecified atom stereocenters. The standard InChI is InChI=1S/C10H18O6/c1-10(2,15-3)16-6-4-5-7(8(11)12)9(13)14/h7H,4-6H2,1-3H3,(H,11,12)(H,13,14). The second-order valence-corrected chi connectivity index (χ2v) is 3.82. The number of hydrogen-bond acceptors (Lipinski definition) is 4.